The van der Waals surface area contributed by atoms with Gasteiger partial charge >= 0.3 is 0 Å². The Morgan fingerprint density at radius 3 is 2.27 bits per heavy atom. The number of hydrogen-bond donors (Lipinski definition) is 1. The van der Waals surface area contributed by atoms with E-state index < -0.39 is 15.9 Å². The van der Waals surface area contributed by atoms with Crippen molar-refractivity contribution in [3.63, 3.8) is 0 Å². The topological polar surface area (TPSA) is 75.7 Å². The number of anilines is 1. The van der Waals surface area contributed by atoms with E-state index in [1.54, 1.807) is 56.5 Å². The van der Waals surface area contributed by atoms with Crippen molar-refractivity contribution in [3.8, 4) is 5.75 Å². The molecular formula is C25H27ClN2O4S. The lowest BCUT2D eigenvalue weighted by atomic mass is 10.1. The van der Waals surface area contributed by atoms with Crippen LogP contribution < -0.4 is 14.4 Å². The summed E-state index contributed by atoms with van der Waals surface area (Å²) in [4.78, 5) is 12.9. The van der Waals surface area contributed by atoms with Crippen LogP contribution in [0.15, 0.2) is 71.6 Å². The summed E-state index contributed by atoms with van der Waals surface area (Å²) in [6.07, 6.45) is 0.612. The summed E-state index contributed by atoms with van der Waals surface area (Å²) in [5.74, 6) is 0.367. The summed E-state index contributed by atoms with van der Waals surface area (Å²) >= 11 is 6.07. The third-order valence-electron chi connectivity index (χ3n) is 5.22. The van der Waals surface area contributed by atoms with Crippen molar-refractivity contribution in [1.29, 1.82) is 0 Å². The maximum Gasteiger partial charge on any atom is 0.264 e. The maximum atomic E-state index is 13.5. The molecule has 0 unspecified atom stereocenters. The molecule has 0 saturated heterocycles. The molecule has 0 saturated carbocycles. The molecule has 0 spiro atoms. The van der Waals surface area contributed by atoms with Gasteiger partial charge in [0, 0.05) is 11.6 Å². The van der Waals surface area contributed by atoms with E-state index in [1.807, 2.05) is 31.2 Å². The molecule has 0 fully saturated rings. The normalized spacial score (nSPS) is 11.2. The van der Waals surface area contributed by atoms with Crippen LogP contribution in [0.2, 0.25) is 5.02 Å². The maximum absolute atomic E-state index is 13.5. The Morgan fingerprint density at radius 1 is 1.00 bits per heavy atom. The van der Waals surface area contributed by atoms with Gasteiger partial charge in [-0.2, -0.15) is 0 Å². The van der Waals surface area contributed by atoms with Crippen molar-refractivity contribution in [2.24, 2.45) is 0 Å². The standard InChI is InChI=1S/C25H27ClN2O4S/c1-18-4-11-23(12-5-18)33(30,31)28(24-13-8-21(26)16-19(24)2)17-25(29)27-15-14-20-6-9-22(32-3)10-7-20/h4-13,16H,14-15,17H2,1-3H3,(H,27,29). The van der Waals surface area contributed by atoms with E-state index in [9.17, 15) is 13.2 Å². The van der Waals surface area contributed by atoms with E-state index >= 15 is 0 Å². The Bertz CT molecular complexity index is 1210. The summed E-state index contributed by atoms with van der Waals surface area (Å²) in [6, 6.07) is 19.0. The van der Waals surface area contributed by atoms with Crippen molar-refractivity contribution >= 4 is 33.2 Å². The average molecular weight is 487 g/mol. The highest BCUT2D eigenvalue weighted by atomic mass is 35.5. The lowest BCUT2D eigenvalue weighted by Gasteiger charge is -2.26. The smallest absolute Gasteiger partial charge is 0.264 e. The number of nitrogens with zero attached hydrogens (tertiary/aromatic N) is 1. The number of methoxy groups -OCH3 is 1. The highest BCUT2D eigenvalue weighted by Gasteiger charge is 2.28. The monoisotopic (exact) mass is 486 g/mol. The zero-order chi connectivity index (χ0) is 24.0. The molecule has 0 heterocycles. The van der Waals surface area contributed by atoms with E-state index in [0.717, 1.165) is 21.2 Å². The van der Waals surface area contributed by atoms with Crippen molar-refractivity contribution in [2.75, 3.05) is 24.5 Å². The Labute approximate surface area is 200 Å². The fourth-order valence-electron chi connectivity index (χ4n) is 3.36. The van der Waals surface area contributed by atoms with Crippen LogP contribution in [-0.2, 0) is 21.2 Å². The number of benzene rings is 3. The van der Waals surface area contributed by atoms with Gasteiger partial charge in [-0.3, -0.25) is 9.10 Å². The first-order valence-corrected chi connectivity index (χ1v) is 12.3. The number of sulfonamides is 1. The number of ether oxygens (including phenoxy) is 1. The van der Waals surface area contributed by atoms with Crippen LogP contribution in [-0.4, -0.2) is 34.5 Å². The van der Waals surface area contributed by atoms with Gasteiger partial charge in [0.25, 0.3) is 10.0 Å². The second kappa shape index (κ2) is 10.7. The molecular weight excluding hydrogens is 460 g/mol. The molecule has 1 N–H and O–H groups in total. The average Bonchev–Trinajstić information content (AvgIpc) is 2.78. The van der Waals surface area contributed by atoms with Gasteiger partial charge in [0.1, 0.15) is 12.3 Å². The fourth-order valence-corrected chi connectivity index (χ4v) is 5.07. The van der Waals surface area contributed by atoms with Crippen LogP contribution in [0, 0.1) is 13.8 Å². The van der Waals surface area contributed by atoms with Gasteiger partial charge in [-0.25, -0.2) is 8.42 Å². The summed E-state index contributed by atoms with van der Waals surface area (Å²) < 4.78 is 33.2. The third-order valence-corrected chi connectivity index (χ3v) is 7.23. The zero-order valence-electron chi connectivity index (χ0n) is 18.8. The minimum Gasteiger partial charge on any atom is -0.497 e. The van der Waals surface area contributed by atoms with Crippen LogP contribution in [0.25, 0.3) is 0 Å². The number of nitrogens with one attached hydrogen (secondary N) is 1. The van der Waals surface area contributed by atoms with Gasteiger partial charge in [-0.1, -0.05) is 41.4 Å². The minimum absolute atomic E-state index is 0.119. The molecule has 174 valence electrons. The molecule has 8 heteroatoms. The van der Waals surface area contributed by atoms with E-state index in [0.29, 0.717) is 29.2 Å². The molecule has 0 atom stereocenters. The Morgan fingerprint density at radius 2 is 1.67 bits per heavy atom. The number of hydrogen-bond acceptors (Lipinski definition) is 4. The van der Waals surface area contributed by atoms with Crippen LogP contribution in [0.4, 0.5) is 5.69 Å². The predicted octanol–water partition coefficient (Wildman–Crippen LogP) is 4.52. The van der Waals surface area contributed by atoms with E-state index in [2.05, 4.69) is 5.32 Å². The number of amides is 1. The van der Waals surface area contributed by atoms with Gasteiger partial charge < -0.3 is 10.1 Å². The Kier molecular flexibility index (Phi) is 8.00. The van der Waals surface area contributed by atoms with E-state index in [4.69, 9.17) is 16.3 Å². The van der Waals surface area contributed by atoms with Crippen LogP contribution in [0.3, 0.4) is 0 Å². The zero-order valence-corrected chi connectivity index (χ0v) is 20.4. The predicted molar refractivity (Wildman–Crippen MR) is 132 cm³/mol. The molecule has 3 aromatic carbocycles. The van der Waals surface area contributed by atoms with E-state index in [1.165, 1.54) is 0 Å². The summed E-state index contributed by atoms with van der Waals surface area (Å²) in [6.45, 7) is 3.68. The molecule has 6 nitrogen and oxygen atoms in total. The number of halogens is 1. The molecule has 3 rings (SSSR count). The summed E-state index contributed by atoms with van der Waals surface area (Å²) in [5.41, 5.74) is 3.04. The first-order valence-electron chi connectivity index (χ1n) is 10.5. The van der Waals surface area contributed by atoms with Gasteiger partial charge in [0.15, 0.2) is 0 Å². The van der Waals surface area contributed by atoms with Crippen molar-refractivity contribution < 1.29 is 17.9 Å². The molecule has 3 aromatic rings. The van der Waals surface area contributed by atoms with Crippen LogP contribution >= 0.6 is 11.6 Å². The largest absolute Gasteiger partial charge is 0.497 e. The molecule has 0 bridgehead atoms. The molecule has 33 heavy (non-hydrogen) atoms. The molecule has 0 aliphatic carbocycles. The van der Waals surface area contributed by atoms with Gasteiger partial charge in [-0.05, 0) is 73.9 Å². The summed E-state index contributed by atoms with van der Waals surface area (Å²) in [7, 11) is -2.37. The van der Waals surface area contributed by atoms with Crippen molar-refractivity contribution in [1.82, 2.24) is 5.32 Å². The lowest BCUT2D eigenvalue weighted by Crippen LogP contribution is -2.41. The Hall–Kier alpha value is -3.03. The fraction of sp³-hybridized carbons (Fsp3) is 0.240. The third kappa shape index (κ3) is 6.27. The second-order valence-corrected chi connectivity index (χ2v) is 10.0. The Balaban J connectivity index is 1.78. The molecule has 0 aliphatic rings. The number of aryl methyl sites for hydroxylation is 2. The van der Waals surface area contributed by atoms with Gasteiger partial charge in [0.2, 0.25) is 5.91 Å². The highest BCUT2D eigenvalue weighted by Crippen LogP contribution is 2.29. The minimum atomic E-state index is -3.97. The quantitative estimate of drug-likeness (QED) is 0.482. The molecule has 1 amide bonds. The molecule has 0 aliphatic heterocycles. The van der Waals surface area contributed by atoms with Crippen molar-refractivity contribution in [3.05, 3.63) is 88.4 Å². The van der Waals surface area contributed by atoms with Gasteiger partial charge in [-0.15, -0.1) is 0 Å². The van der Waals surface area contributed by atoms with Crippen molar-refractivity contribution in [2.45, 2.75) is 25.2 Å². The summed E-state index contributed by atoms with van der Waals surface area (Å²) in [5, 5.41) is 3.31. The SMILES string of the molecule is COc1ccc(CCNC(=O)CN(c2ccc(Cl)cc2C)S(=O)(=O)c2ccc(C)cc2)cc1. The highest BCUT2D eigenvalue weighted by molar-refractivity contribution is 7.92. The van der Waals surface area contributed by atoms with E-state index in [-0.39, 0.29) is 11.4 Å². The number of rotatable bonds is 9. The number of carbonyl (C=O) groups is 1. The lowest BCUT2D eigenvalue weighted by molar-refractivity contribution is -0.119. The number of carbonyl (C=O) groups excluding carboxylic acids is 1. The van der Waals surface area contributed by atoms with Crippen LogP contribution in [0.5, 0.6) is 5.75 Å². The second-order valence-electron chi connectivity index (χ2n) is 7.70. The van der Waals surface area contributed by atoms with Gasteiger partial charge in [0.05, 0.1) is 17.7 Å². The first-order chi connectivity index (χ1) is 15.7. The molecule has 0 radical (unpaired) electrons. The van der Waals surface area contributed by atoms with Crippen LogP contribution in [0.1, 0.15) is 16.7 Å². The first kappa shape index (κ1) is 24.6. The molecule has 0 aromatic heterocycles.